The van der Waals surface area contributed by atoms with Gasteiger partial charge in [-0.25, -0.2) is 9.97 Å². The molecule has 7 aromatic rings. The normalized spacial score (nSPS) is 12.9. The Morgan fingerprint density at radius 2 is 0.727 bits per heavy atom. The van der Waals surface area contributed by atoms with Gasteiger partial charge in [0.2, 0.25) is 0 Å². The van der Waals surface area contributed by atoms with Crippen LogP contribution in [0.1, 0.15) is 282 Å². The molecule has 0 aliphatic carbocycles. The van der Waals surface area contributed by atoms with Gasteiger partial charge in [-0.05, 0) is 166 Å². The molecule has 2 aliphatic heterocycles. The van der Waals surface area contributed by atoms with E-state index in [0.29, 0.717) is 0 Å². The summed E-state index contributed by atoms with van der Waals surface area (Å²) >= 11 is 7.76. The molecule has 9 rings (SSSR count). The van der Waals surface area contributed by atoms with E-state index in [1.807, 2.05) is 22.7 Å². The summed E-state index contributed by atoms with van der Waals surface area (Å²) in [6, 6.07) is 28.3. The molecule has 0 radical (unpaired) electrons. The minimum atomic E-state index is -0.0878. The van der Waals surface area contributed by atoms with Gasteiger partial charge >= 0.3 is 19.5 Å². The second kappa shape index (κ2) is 30.8. The predicted molar refractivity (Wildman–Crippen MR) is 388 cm³/mol. The van der Waals surface area contributed by atoms with E-state index in [9.17, 15) is 0 Å². The molecular formula is C80H103BrN4S2Zn. The van der Waals surface area contributed by atoms with E-state index in [2.05, 4.69) is 215 Å². The van der Waals surface area contributed by atoms with Crippen molar-refractivity contribution >= 4 is 85.0 Å². The maximum atomic E-state index is 5.80. The van der Waals surface area contributed by atoms with Gasteiger partial charge in [0, 0.05) is 15.3 Å². The Hall–Kier alpha value is -4.46. The molecule has 0 saturated heterocycles. The average molecular weight is 1330 g/mol. The Bertz CT molecular complexity index is 3460. The number of hydrogen-bond acceptors (Lipinski definition) is 4. The minimum Gasteiger partial charge on any atom is -0.657 e. The second-order valence-corrected chi connectivity index (χ2v) is 32.8. The van der Waals surface area contributed by atoms with Gasteiger partial charge in [-0.15, -0.1) is 44.7 Å². The zero-order valence-corrected chi connectivity index (χ0v) is 62.7. The summed E-state index contributed by atoms with van der Waals surface area (Å²) in [6.45, 7) is 32.5. The number of halogens is 1. The molecule has 0 unspecified atom stereocenters. The summed E-state index contributed by atoms with van der Waals surface area (Å²) in [7, 11) is 0. The van der Waals surface area contributed by atoms with Crippen LogP contribution in [0.3, 0.4) is 0 Å². The summed E-state index contributed by atoms with van der Waals surface area (Å²) in [4.78, 5) is 25.5. The number of aromatic nitrogens is 4. The van der Waals surface area contributed by atoms with Crippen molar-refractivity contribution in [2.75, 3.05) is 0 Å². The third kappa shape index (κ3) is 17.8. The number of aryl methyl sites for hydroxylation is 2. The van der Waals surface area contributed by atoms with E-state index in [1.165, 1.54) is 175 Å². The van der Waals surface area contributed by atoms with E-state index in [0.717, 1.165) is 91.1 Å². The van der Waals surface area contributed by atoms with Gasteiger partial charge in [-0.1, -0.05) is 273 Å². The monoisotopic (exact) mass is 1330 g/mol. The van der Waals surface area contributed by atoms with Crippen LogP contribution < -0.4 is 9.97 Å². The van der Waals surface area contributed by atoms with Crippen LogP contribution in [0.2, 0.25) is 0 Å². The fraction of sp³-hybridized carbons (Fsp3) is 0.500. The maximum Gasteiger partial charge on any atom is 2.00 e. The third-order valence-corrected chi connectivity index (χ3v) is 21.0. The van der Waals surface area contributed by atoms with Crippen molar-refractivity contribution in [3.8, 4) is 43.1 Å². The molecule has 2 aliphatic rings. The Labute approximate surface area is 561 Å². The van der Waals surface area contributed by atoms with Crippen LogP contribution >= 0.6 is 38.6 Å². The molecule has 0 atom stereocenters. The zero-order valence-electron chi connectivity index (χ0n) is 56.6. The maximum absolute atomic E-state index is 5.80. The van der Waals surface area contributed by atoms with Gasteiger partial charge in [0.25, 0.3) is 0 Å². The smallest absolute Gasteiger partial charge is 0.657 e. The van der Waals surface area contributed by atoms with E-state index in [1.54, 1.807) is 0 Å². The fourth-order valence-electron chi connectivity index (χ4n) is 12.4. The van der Waals surface area contributed by atoms with Crippen molar-refractivity contribution < 1.29 is 19.5 Å². The first-order chi connectivity index (χ1) is 41.5. The van der Waals surface area contributed by atoms with Crippen LogP contribution in [-0.4, -0.2) is 9.97 Å². The average Bonchev–Trinajstić information content (AvgIpc) is 1.93. The van der Waals surface area contributed by atoms with Crippen molar-refractivity contribution in [1.29, 1.82) is 0 Å². The summed E-state index contributed by atoms with van der Waals surface area (Å²) in [5.74, 6) is 0. The number of hydrogen-bond donors (Lipinski definition) is 0. The number of nitrogens with zero attached hydrogens (tertiary/aromatic N) is 4. The topological polar surface area (TPSA) is 54.0 Å². The van der Waals surface area contributed by atoms with E-state index in [-0.39, 0.29) is 41.1 Å². The molecule has 0 N–H and O–H groups in total. The summed E-state index contributed by atoms with van der Waals surface area (Å²) in [5.41, 5.74) is 21.3. The first-order valence-electron chi connectivity index (χ1n) is 33.7. The Balaban J connectivity index is 0.0000100. The van der Waals surface area contributed by atoms with E-state index < -0.39 is 0 Å². The van der Waals surface area contributed by atoms with Crippen LogP contribution in [0.15, 0.2) is 82.0 Å². The van der Waals surface area contributed by atoms with Crippen LogP contribution in [-0.2, 0) is 54.0 Å². The van der Waals surface area contributed by atoms with Crippen LogP contribution in [0.4, 0.5) is 0 Å². The largest absolute Gasteiger partial charge is 2.00 e. The molecule has 0 saturated carbocycles. The molecule has 2 aromatic carbocycles. The molecule has 0 spiro atoms. The molecular weight excluding hydrogens is 1230 g/mol. The molecule has 4 nitrogen and oxygen atoms in total. The Morgan fingerprint density at radius 3 is 1.10 bits per heavy atom. The summed E-state index contributed by atoms with van der Waals surface area (Å²) in [6.07, 6.45) is 37.7. The molecule has 8 heteroatoms. The van der Waals surface area contributed by atoms with Gasteiger partial charge in [-0.3, -0.25) is 0 Å². The van der Waals surface area contributed by atoms with Crippen LogP contribution in [0.5, 0.6) is 0 Å². The van der Waals surface area contributed by atoms with E-state index in [4.69, 9.17) is 19.9 Å². The molecule has 7 heterocycles. The standard InChI is InChI=1S/C80H103BrN4S2.Zn/c1-15-17-19-21-23-25-27-29-31-33-35-54-45-70(86-53-54)74-66-41-37-62(82-66)72(56-46-58(77(3,4)5)51-59(47-56)78(6,7)8)64-39-43-68(84-64)75(71-50-55(76(81)87-71)36-34-32-30-28-26-24-22-20-18-16-2)69-44-40-65(85-69)73(63-38-42-67(74)83-63)57-48-60(79(9,10)11)52-61(49-57)80(12,13)14;/h37-53H,15-36H2,1-14H3;/q-2;+2. The van der Waals surface area contributed by atoms with Crippen molar-refractivity contribution in [2.24, 2.45) is 0 Å². The molecule has 5 aromatic heterocycles. The van der Waals surface area contributed by atoms with Gasteiger partial charge in [0.15, 0.2) is 0 Å². The SMILES string of the molecule is CCCCCCCCCCCCc1csc(-c2c3ccc([n-]3)c(-c3cc(C(C)(C)C)cc(C(C)(C)C)c3)c3nc(c(-c4cc(CCCCCCCCCCCC)c(Br)s4)c4nc(c(-c5cc(C(C)(C)C)cc(C(C)(C)C)c5)c5ccc2[n-]5)C=C4)C=C3)c1.[Zn+2]. The van der Waals surface area contributed by atoms with E-state index >= 15 is 0 Å². The van der Waals surface area contributed by atoms with Crippen LogP contribution in [0.25, 0.3) is 89.5 Å². The predicted octanol–water partition coefficient (Wildman–Crippen LogP) is 25.6. The van der Waals surface area contributed by atoms with Crippen molar-refractivity contribution in [2.45, 2.75) is 260 Å². The van der Waals surface area contributed by atoms with Gasteiger partial charge < -0.3 is 9.97 Å². The van der Waals surface area contributed by atoms with Gasteiger partial charge in [-0.2, -0.15) is 0 Å². The first kappa shape index (κ1) is 69.4. The molecule has 88 heavy (non-hydrogen) atoms. The number of rotatable bonds is 26. The first-order valence-corrected chi connectivity index (χ1v) is 36.2. The zero-order chi connectivity index (χ0) is 62.1. The number of fused-ring (bicyclic) bond motifs is 8. The second-order valence-electron chi connectivity index (χ2n) is 29.6. The fourth-order valence-corrected chi connectivity index (χ4v) is 15.3. The van der Waals surface area contributed by atoms with Crippen LogP contribution in [0, 0.1) is 0 Å². The molecule has 0 amide bonds. The van der Waals surface area contributed by atoms with Crippen molar-refractivity contribution in [3.63, 3.8) is 0 Å². The molecule has 8 bridgehead atoms. The number of benzene rings is 2. The van der Waals surface area contributed by atoms with Gasteiger partial charge in [0.1, 0.15) is 0 Å². The van der Waals surface area contributed by atoms with Gasteiger partial charge in [0.05, 0.1) is 26.6 Å². The Kier molecular flexibility index (Phi) is 24.3. The summed E-state index contributed by atoms with van der Waals surface area (Å²) in [5, 5.41) is 2.39. The van der Waals surface area contributed by atoms with Crippen molar-refractivity contribution in [3.05, 3.63) is 138 Å². The quantitative estimate of drug-likeness (QED) is 0.0400. The minimum absolute atomic E-state index is 0. The summed E-state index contributed by atoms with van der Waals surface area (Å²) < 4.78 is 1.19. The molecule has 464 valence electrons. The number of thiophene rings is 2. The molecule has 0 fully saturated rings. The third-order valence-electron chi connectivity index (χ3n) is 18.0. The Morgan fingerprint density at radius 1 is 0.386 bits per heavy atom. The number of unbranched alkanes of at least 4 members (excludes halogenated alkanes) is 18. The van der Waals surface area contributed by atoms with Crippen molar-refractivity contribution in [1.82, 2.24) is 19.9 Å².